The van der Waals surface area contributed by atoms with Crippen molar-refractivity contribution in [1.29, 1.82) is 0 Å². The SMILES string of the molecule is CC(C)(C)OC(=O)NCC[C@@H](NC(=O)c1cc2cc3c(nc2s1)CC[C@H](C(C)(C)C)C3)c1cccc(C(=O)O)c1. The molecule has 1 aliphatic rings. The van der Waals surface area contributed by atoms with Gasteiger partial charge in [-0.05, 0) is 93.2 Å². The highest BCUT2D eigenvalue weighted by atomic mass is 32.1. The van der Waals surface area contributed by atoms with E-state index in [1.165, 1.54) is 23.0 Å². The Morgan fingerprint density at radius 1 is 1.12 bits per heavy atom. The van der Waals surface area contributed by atoms with E-state index >= 15 is 0 Å². The summed E-state index contributed by atoms with van der Waals surface area (Å²) in [4.78, 5) is 43.5. The summed E-state index contributed by atoms with van der Waals surface area (Å²) in [6.07, 6.45) is 2.84. The fourth-order valence-electron chi connectivity index (χ4n) is 5.05. The zero-order valence-electron chi connectivity index (χ0n) is 24.1. The summed E-state index contributed by atoms with van der Waals surface area (Å²) in [5.41, 5.74) is 2.76. The van der Waals surface area contributed by atoms with Gasteiger partial charge in [0.05, 0.1) is 16.5 Å². The van der Waals surface area contributed by atoms with Crippen molar-refractivity contribution in [1.82, 2.24) is 15.6 Å². The van der Waals surface area contributed by atoms with Gasteiger partial charge in [0.2, 0.25) is 0 Å². The number of aromatic nitrogens is 1. The van der Waals surface area contributed by atoms with Gasteiger partial charge >= 0.3 is 12.1 Å². The topological polar surface area (TPSA) is 118 Å². The van der Waals surface area contributed by atoms with Gasteiger partial charge in [-0.15, -0.1) is 11.3 Å². The second-order valence-corrected chi connectivity index (χ2v) is 13.6. The Morgan fingerprint density at radius 3 is 2.55 bits per heavy atom. The Kier molecular flexibility index (Phi) is 8.54. The molecular weight excluding hydrogens is 526 g/mol. The molecule has 0 fully saturated rings. The van der Waals surface area contributed by atoms with Crippen LogP contribution in [-0.2, 0) is 17.6 Å². The van der Waals surface area contributed by atoms with Crippen LogP contribution in [0.3, 0.4) is 0 Å². The van der Waals surface area contributed by atoms with E-state index in [-0.39, 0.29) is 23.4 Å². The maximum absolute atomic E-state index is 13.4. The molecule has 1 aromatic carbocycles. The molecule has 0 saturated heterocycles. The summed E-state index contributed by atoms with van der Waals surface area (Å²) in [6, 6.07) is 10.0. The van der Waals surface area contributed by atoms with Gasteiger partial charge in [0, 0.05) is 17.6 Å². The Hall–Kier alpha value is -3.46. The minimum Gasteiger partial charge on any atom is -0.478 e. The lowest BCUT2D eigenvalue weighted by molar-refractivity contribution is 0.0525. The molecule has 214 valence electrons. The first-order valence-electron chi connectivity index (χ1n) is 13.7. The zero-order valence-corrected chi connectivity index (χ0v) is 24.9. The molecule has 4 rings (SSSR count). The number of carbonyl (C=O) groups is 3. The number of nitrogens with one attached hydrogen (secondary N) is 2. The number of carboxylic acids is 1. The van der Waals surface area contributed by atoms with Gasteiger partial charge in [0.25, 0.3) is 5.91 Å². The molecule has 0 saturated carbocycles. The number of aromatic carboxylic acids is 1. The summed E-state index contributed by atoms with van der Waals surface area (Å²) in [7, 11) is 0. The van der Waals surface area contributed by atoms with Gasteiger partial charge in [0.15, 0.2) is 0 Å². The number of fused-ring (bicyclic) bond motifs is 2. The second kappa shape index (κ2) is 11.6. The summed E-state index contributed by atoms with van der Waals surface area (Å²) in [5, 5.41) is 16.2. The molecule has 0 aliphatic heterocycles. The van der Waals surface area contributed by atoms with Crippen molar-refractivity contribution in [2.24, 2.45) is 11.3 Å². The maximum atomic E-state index is 13.4. The van der Waals surface area contributed by atoms with Crippen LogP contribution in [0.5, 0.6) is 0 Å². The fourth-order valence-corrected chi connectivity index (χ4v) is 5.98. The quantitative estimate of drug-likeness (QED) is 0.300. The van der Waals surface area contributed by atoms with Crippen molar-refractivity contribution in [2.75, 3.05) is 6.54 Å². The molecule has 2 amide bonds. The van der Waals surface area contributed by atoms with E-state index < -0.39 is 23.7 Å². The number of pyridine rings is 1. The van der Waals surface area contributed by atoms with Gasteiger partial charge in [-0.2, -0.15) is 0 Å². The van der Waals surface area contributed by atoms with Crippen LogP contribution in [0.25, 0.3) is 10.2 Å². The van der Waals surface area contributed by atoms with Crippen LogP contribution in [0.1, 0.15) is 97.3 Å². The number of carbonyl (C=O) groups excluding carboxylic acids is 2. The lowest BCUT2D eigenvalue weighted by Crippen LogP contribution is -2.35. The van der Waals surface area contributed by atoms with Gasteiger partial charge in [-0.1, -0.05) is 32.9 Å². The average molecular weight is 566 g/mol. The number of hydrogen-bond donors (Lipinski definition) is 3. The lowest BCUT2D eigenvalue weighted by Gasteiger charge is -2.34. The van der Waals surface area contributed by atoms with Crippen molar-refractivity contribution >= 4 is 39.5 Å². The average Bonchev–Trinajstić information content (AvgIpc) is 3.27. The third-order valence-electron chi connectivity index (χ3n) is 7.26. The Bertz CT molecular complexity index is 1420. The van der Waals surface area contributed by atoms with Crippen LogP contribution in [0.15, 0.2) is 36.4 Å². The predicted molar refractivity (Wildman–Crippen MR) is 157 cm³/mol. The molecule has 2 atom stereocenters. The van der Waals surface area contributed by atoms with Crippen molar-refractivity contribution in [3.8, 4) is 0 Å². The van der Waals surface area contributed by atoms with Crippen molar-refractivity contribution in [3.63, 3.8) is 0 Å². The highest BCUT2D eigenvalue weighted by Crippen LogP contribution is 2.38. The number of carboxylic acid groups (broad SMARTS) is 1. The normalized spacial score (nSPS) is 16.2. The van der Waals surface area contributed by atoms with Gasteiger partial charge in [-0.25, -0.2) is 14.6 Å². The molecule has 0 bridgehead atoms. The third-order valence-corrected chi connectivity index (χ3v) is 8.31. The number of hydrogen-bond acceptors (Lipinski definition) is 6. The first-order valence-corrected chi connectivity index (χ1v) is 14.5. The van der Waals surface area contributed by atoms with Crippen LogP contribution >= 0.6 is 11.3 Å². The van der Waals surface area contributed by atoms with E-state index in [1.54, 1.807) is 39.0 Å². The molecule has 3 N–H and O–H groups in total. The number of thiophene rings is 1. The van der Waals surface area contributed by atoms with Crippen LogP contribution in [0, 0.1) is 11.3 Å². The number of nitrogens with zero attached hydrogens (tertiary/aromatic N) is 1. The minimum atomic E-state index is -1.05. The molecule has 40 heavy (non-hydrogen) atoms. The Labute approximate surface area is 239 Å². The molecule has 9 heteroatoms. The van der Waals surface area contributed by atoms with Crippen LogP contribution in [0.4, 0.5) is 4.79 Å². The Balaban J connectivity index is 1.53. The molecule has 0 spiro atoms. The van der Waals surface area contributed by atoms with Crippen LogP contribution < -0.4 is 10.6 Å². The number of alkyl carbamates (subject to hydrolysis) is 1. The largest absolute Gasteiger partial charge is 0.478 e. The first-order chi connectivity index (χ1) is 18.7. The van der Waals surface area contributed by atoms with Crippen molar-refractivity contribution in [2.45, 2.75) is 78.9 Å². The van der Waals surface area contributed by atoms with Gasteiger partial charge in [-0.3, -0.25) is 4.79 Å². The van der Waals surface area contributed by atoms with Crippen molar-refractivity contribution < 1.29 is 24.2 Å². The van der Waals surface area contributed by atoms with Crippen LogP contribution in [-0.4, -0.2) is 40.2 Å². The molecule has 0 radical (unpaired) electrons. The highest BCUT2D eigenvalue weighted by Gasteiger charge is 2.30. The van der Waals surface area contributed by atoms with Crippen LogP contribution in [0.2, 0.25) is 0 Å². The molecule has 0 unspecified atom stereocenters. The molecule has 2 aromatic heterocycles. The number of rotatable bonds is 7. The number of benzene rings is 1. The number of ether oxygens (including phenoxy) is 1. The van der Waals surface area contributed by atoms with Gasteiger partial charge < -0.3 is 20.5 Å². The van der Waals surface area contributed by atoms with E-state index in [9.17, 15) is 19.5 Å². The third kappa shape index (κ3) is 7.38. The molecule has 1 aliphatic carbocycles. The second-order valence-electron chi connectivity index (χ2n) is 12.6. The highest BCUT2D eigenvalue weighted by molar-refractivity contribution is 7.20. The smallest absolute Gasteiger partial charge is 0.407 e. The van der Waals surface area contributed by atoms with E-state index in [2.05, 4.69) is 37.5 Å². The molecule has 2 heterocycles. The minimum absolute atomic E-state index is 0.127. The number of aryl methyl sites for hydroxylation is 1. The fraction of sp³-hybridized carbons (Fsp3) is 0.484. The van der Waals surface area contributed by atoms with E-state index in [0.29, 0.717) is 22.8 Å². The lowest BCUT2D eigenvalue weighted by atomic mass is 9.71. The zero-order chi connectivity index (χ0) is 29.2. The van der Waals surface area contributed by atoms with E-state index in [0.717, 1.165) is 35.2 Å². The van der Waals surface area contributed by atoms with E-state index in [1.807, 2.05) is 6.07 Å². The number of amides is 2. The first kappa shape index (κ1) is 29.5. The summed E-state index contributed by atoms with van der Waals surface area (Å²) in [6.45, 7) is 12.4. The Morgan fingerprint density at radius 2 is 1.88 bits per heavy atom. The monoisotopic (exact) mass is 565 g/mol. The standard InChI is InChI=1S/C31H39N3O5S/c1-30(2,3)22-10-11-23-20(16-22)15-21-17-25(40-27(21)34-23)26(35)33-24(12-13-32-29(38)39-31(4,5)6)18-8-7-9-19(14-18)28(36)37/h7-9,14-15,17,22,24H,10-13,16H2,1-6H3,(H,32,38)(H,33,35)(H,36,37)/t22-,24+/m0/s1. The summed E-state index contributed by atoms with van der Waals surface area (Å²) >= 11 is 1.36. The van der Waals surface area contributed by atoms with E-state index in [4.69, 9.17) is 9.72 Å². The summed E-state index contributed by atoms with van der Waals surface area (Å²) < 4.78 is 5.31. The molecular formula is C31H39N3O5S. The molecule has 3 aromatic rings. The predicted octanol–water partition coefficient (Wildman–Crippen LogP) is 6.53. The van der Waals surface area contributed by atoms with Gasteiger partial charge in [0.1, 0.15) is 10.4 Å². The van der Waals surface area contributed by atoms with Crippen molar-refractivity contribution in [3.05, 3.63) is 63.7 Å². The maximum Gasteiger partial charge on any atom is 0.407 e. The molecule has 8 nitrogen and oxygen atoms in total. The summed E-state index contributed by atoms with van der Waals surface area (Å²) in [5.74, 6) is -0.721.